The summed E-state index contributed by atoms with van der Waals surface area (Å²) >= 11 is 3.13. The molecule has 5 heteroatoms. The molecule has 1 saturated carbocycles. The van der Waals surface area contributed by atoms with E-state index in [2.05, 4.69) is 21.2 Å². The van der Waals surface area contributed by atoms with Crippen LogP contribution in [0.1, 0.15) is 16.8 Å². The lowest BCUT2D eigenvalue weighted by Crippen LogP contribution is -2.30. The zero-order valence-corrected chi connectivity index (χ0v) is 9.42. The van der Waals surface area contributed by atoms with Gasteiger partial charge in [-0.3, -0.25) is 4.79 Å². The highest BCUT2D eigenvalue weighted by molar-refractivity contribution is 9.10. The van der Waals surface area contributed by atoms with Crippen molar-refractivity contribution in [1.29, 1.82) is 0 Å². The maximum Gasteiger partial charge on any atom is 0.254 e. The lowest BCUT2D eigenvalue weighted by Gasteiger charge is -2.04. The van der Waals surface area contributed by atoms with Crippen LogP contribution in [0, 0.1) is 5.82 Å². The standard InChI is InChI=1S/C10H10BrFN2O/c11-5-1-2-6(7(12)3-5)10(15)14-9-4-8(9)13/h1-3,8-9H,4,13H2,(H,14,15). The molecule has 1 aromatic rings. The van der Waals surface area contributed by atoms with E-state index in [0.717, 1.165) is 6.42 Å². The Balaban J connectivity index is 2.11. The van der Waals surface area contributed by atoms with Crippen LogP contribution in [0.2, 0.25) is 0 Å². The number of carbonyl (C=O) groups excluding carboxylic acids is 1. The number of benzene rings is 1. The summed E-state index contributed by atoms with van der Waals surface area (Å²) in [4.78, 5) is 11.6. The molecule has 0 spiro atoms. The predicted octanol–water partition coefficient (Wildman–Crippen LogP) is 1.42. The first-order chi connectivity index (χ1) is 7.08. The summed E-state index contributed by atoms with van der Waals surface area (Å²) in [5.74, 6) is -0.936. The van der Waals surface area contributed by atoms with Gasteiger partial charge in [0, 0.05) is 16.6 Å². The number of halogens is 2. The fourth-order valence-electron chi connectivity index (χ4n) is 1.30. The summed E-state index contributed by atoms with van der Waals surface area (Å²) in [5, 5.41) is 2.66. The molecule has 0 aromatic heterocycles. The van der Waals surface area contributed by atoms with E-state index in [1.165, 1.54) is 12.1 Å². The third-order valence-corrected chi connectivity index (χ3v) is 2.83. The highest BCUT2D eigenvalue weighted by Crippen LogP contribution is 2.20. The van der Waals surface area contributed by atoms with Crippen LogP contribution in [0.15, 0.2) is 22.7 Å². The van der Waals surface area contributed by atoms with Crippen LogP contribution in [0.25, 0.3) is 0 Å². The predicted molar refractivity (Wildman–Crippen MR) is 57.9 cm³/mol. The molecule has 1 aliphatic carbocycles. The van der Waals surface area contributed by atoms with Crippen molar-refractivity contribution in [3.63, 3.8) is 0 Å². The number of rotatable bonds is 2. The Hall–Kier alpha value is -0.940. The number of amides is 1. The molecule has 1 aliphatic rings. The van der Waals surface area contributed by atoms with Gasteiger partial charge in [-0.15, -0.1) is 0 Å². The van der Waals surface area contributed by atoms with Crippen molar-refractivity contribution in [3.8, 4) is 0 Å². The van der Waals surface area contributed by atoms with Crippen molar-refractivity contribution in [3.05, 3.63) is 34.1 Å². The third kappa shape index (κ3) is 2.35. The minimum absolute atomic E-state index is 0.000506. The molecule has 0 saturated heterocycles. The van der Waals surface area contributed by atoms with Crippen molar-refractivity contribution < 1.29 is 9.18 Å². The normalized spacial score (nSPS) is 23.7. The van der Waals surface area contributed by atoms with E-state index >= 15 is 0 Å². The fourth-order valence-corrected chi connectivity index (χ4v) is 1.63. The minimum Gasteiger partial charge on any atom is -0.348 e. The van der Waals surface area contributed by atoms with Crippen LogP contribution in [0.5, 0.6) is 0 Å². The molecule has 0 bridgehead atoms. The van der Waals surface area contributed by atoms with Gasteiger partial charge >= 0.3 is 0 Å². The highest BCUT2D eigenvalue weighted by Gasteiger charge is 2.35. The monoisotopic (exact) mass is 272 g/mol. The summed E-state index contributed by atoms with van der Waals surface area (Å²) in [6.07, 6.45) is 0.768. The molecule has 80 valence electrons. The Kier molecular flexibility index (Phi) is 2.75. The van der Waals surface area contributed by atoms with Gasteiger partial charge in [-0.2, -0.15) is 0 Å². The molecule has 15 heavy (non-hydrogen) atoms. The second-order valence-electron chi connectivity index (χ2n) is 3.60. The number of nitrogens with two attached hydrogens (primary N) is 1. The summed E-state index contributed by atoms with van der Waals surface area (Å²) in [5.41, 5.74) is 5.59. The molecular formula is C10H10BrFN2O. The molecule has 1 amide bonds. The van der Waals surface area contributed by atoms with E-state index in [1.807, 2.05) is 0 Å². The lowest BCUT2D eigenvalue weighted by molar-refractivity contribution is 0.0946. The number of carbonyl (C=O) groups is 1. The van der Waals surface area contributed by atoms with E-state index < -0.39 is 11.7 Å². The van der Waals surface area contributed by atoms with Crippen LogP contribution >= 0.6 is 15.9 Å². The van der Waals surface area contributed by atoms with E-state index in [0.29, 0.717) is 4.47 Å². The average molecular weight is 273 g/mol. The molecule has 1 aromatic carbocycles. The van der Waals surface area contributed by atoms with Crippen LogP contribution in [0.3, 0.4) is 0 Å². The summed E-state index contributed by atoms with van der Waals surface area (Å²) in [7, 11) is 0. The second-order valence-corrected chi connectivity index (χ2v) is 4.52. The Bertz CT molecular complexity index is 410. The van der Waals surface area contributed by atoms with Gasteiger partial charge in [0.15, 0.2) is 0 Å². The van der Waals surface area contributed by atoms with Gasteiger partial charge in [0.1, 0.15) is 5.82 Å². The van der Waals surface area contributed by atoms with Crippen molar-refractivity contribution in [2.45, 2.75) is 18.5 Å². The molecule has 0 aliphatic heterocycles. The first kappa shape index (κ1) is 10.6. The van der Waals surface area contributed by atoms with E-state index in [-0.39, 0.29) is 17.6 Å². The highest BCUT2D eigenvalue weighted by atomic mass is 79.9. The molecule has 0 heterocycles. The summed E-state index contributed by atoms with van der Waals surface area (Å²) in [6, 6.07) is 4.36. The second kappa shape index (κ2) is 3.90. The van der Waals surface area contributed by atoms with Gasteiger partial charge in [0.2, 0.25) is 0 Å². The fraction of sp³-hybridized carbons (Fsp3) is 0.300. The van der Waals surface area contributed by atoms with Crippen LogP contribution < -0.4 is 11.1 Å². The van der Waals surface area contributed by atoms with Crippen molar-refractivity contribution in [2.24, 2.45) is 5.73 Å². The summed E-state index contributed by atoms with van der Waals surface area (Å²) < 4.78 is 14.0. The zero-order chi connectivity index (χ0) is 11.0. The van der Waals surface area contributed by atoms with E-state index in [4.69, 9.17) is 5.73 Å². The molecule has 3 nitrogen and oxygen atoms in total. The number of nitrogens with one attached hydrogen (secondary N) is 1. The van der Waals surface area contributed by atoms with E-state index in [9.17, 15) is 9.18 Å². The van der Waals surface area contributed by atoms with Gasteiger partial charge < -0.3 is 11.1 Å². The lowest BCUT2D eigenvalue weighted by atomic mass is 10.2. The third-order valence-electron chi connectivity index (χ3n) is 2.33. The number of hydrogen-bond donors (Lipinski definition) is 2. The van der Waals surface area contributed by atoms with Gasteiger partial charge in [-0.25, -0.2) is 4.39 Å². The quantitative estimate of drug-likeness (QED) is 0.856. The van der Waals surface area contributed by atoms with Gasteiger partial charge in [0.25, 0.3) is 5.91 Å². The first-order valence-electron chi connectivity index (χ1n) is 4.59. The van der Waals surface area contributed by atoms with Gasteiger partial charge in [-0.05, 0) is 24.6 Å². The van der Waals surface area contributed by atoms with Crippen molar-refractivity contribution in [2.75, 3.05) is 0 Å². The Labute approximate surface area is 95.0 Å². The average Bonchev–Trinajstić information content (AvgIpc) is 2.81. The van der Waals surface area contributed by atoms with Gasteiger partial charge in [-0.1, -0.05) is 15.9 Å². The smallest absolute Gasteiger partial charge is 0.254 e. The largest absolute Gasteiger partial charge is 0.348 e. The molecule has 3 N–H and O–H groups in total. The first-order valence-corrected chi connectivity index (χ1v) is 5.38. The molecule has 0 radical (unpaired) electrons. The van der Waals surface area contributed by atoms with E-state index in [1.54, 1.807) is 6.07 Å². The number of hydrogen-bond acceptors (Lipinski definition) is 2. The van der Waals surface area contributed by atoms with Gasteiger partial charge in [0.05, 0.1) is 5.56 Å². The molecule has 2 unspecified atom stereocenters. The zero-order valence-electron chi connectivity index (χ0n) is 7.84. The molecular weight excluding hydrogens is 263 g/mol. The molecule has 2 rings (SSSR count). The molecule has 2 atom stereocenters. The Morgan fingerprint density at radius 2 is 2.27 bits per heavy atom. The van der Waals surface area contributed by atoms with Crippen molar-refractivity contribution >= 4 is 21.8 Å². The molecule has 1 fully saturated rings. The Morgan fingerprint density at radius 3 is 2.80 bits per heavy atom. The van der Waals surface area contributed by atoms with Crippen LogP contribution in [-0.4, -0.2) is 18.0 Å². The summed E-state index contributed by atoms with van der Waals surface area (Å²) in [6.45, 7) is 0. The minimum atomic E-state index is -0.531. The van der Waals surface area contributed by atoms with Crippen molar-refractivity contribution in [1.82, 2.24) is 5.32 Å². The van der Waals surface area contributed by atoms with Crippen LogP contribution in [-0.2, 0) is 0 Å². The maximum atomic E-state index is 13.3. The van der Waals surface area contributed by atoms with Crippen LogP contribution in [0.4, 0.5) is 4.39 Å². The topological polar surface area (TPSA) is 55.1 Å². The maximum absolute atomic E-state index is 13.3. The Morgan fingerprint density at radius 1 is 1.60 bits per heavy atom. The SMILES string of the molecule is NC1CC1NC(=O)c1ccc(Br)cc1F.